The molecule has 3 rings (SSSR count). The second-order valence-corrected chi connectivity index (χ2v) is 6.90. The van der Waals surface area contributed by atoms with Crippen LogP contribution in [0, 0.1) is 3.70 Å². The van der Waals surface area contributed by atoms with E-state index in [1.165, 1.54) is 6.33 Å². The highest BCUT2D eigenvalue weighted by Gasteiger charge is 2.27. The van der Waals surface area contributed by atoms with Crippen LogP contribution in [0.2, 0.25) is 0 Å². The lowest BCUT2D eigenvalue weighted by molar-refractivity contribution is 0.0868. The maximum Gasteiger partial charge on any atom is 0.409 e. The van der Waals surface area contributed by atoms with Gasteiger partial charge >= 0.3 is 6.09 Å². The minimum Gasteiger partial charge on any atom is -0.449 e. The minimum absolute atomic E-state index is 0.199. The summed E-state index contributed by atoms with van der Waals surface area (Å²) in [4.78, 5) is 22.2. The molecule has 1 saturated heterocycles. The van der Waals surface area contributed by atoms with Crippen molar-refractivity contribution in [1.82, 2.24) is 24.6 Å². The van der Waals surface area contributed by atoms with Gasteiger partial charge in [0.05, 0.1) is 18.0 Å². The first kappa shape index (κ1) is 17.2. The van der Waals surface area contributed by atoms with Gasteiger partial charge in [-0.25, -0.2) is 19.4 Å². The Morgan fingerprint density at radius 1 is 1.42 bits per heavy atom. The first-order chi connectivity index (χ1) is 11.6. The summed E-state index contributed by atoms with van der Waals surface area (Å²) in [6.07, 6.45) is 4.81. The second-order valence-electron chi connectivity index (χ2n) is 5.88. The van der Waals surface area contributed by atoms with E-state index in [4.69, 9.17) is 10.5 Å². The summed E-state index contributed by atoms with van der Waals surface area (Å²) in [6.45, 7) is 3.89. The van der Waals surface area contributed by atoms with Crippen LogP contribution in [0.1, 0.15) is 38.6 Å². The zero-order chi connectivity index (χ0) is 17.1. The third-order valence-corrected chi connectivity index (χ3v) is 5.02. The molecule has 24 heavy (non-hydrogen) atoms. The highest BCUT2D eigenvalue weighted by atomic mass is 127. The Morgan fingerprint density at radius 2 is 2.17 bits per heavy atom. The number of nitrogens with two attached hydrogens (primary N) is 1. The van der Waals surface area contributed by atoms with Gasteiger partial charge in [0.2, 0.25) is 0 Å². The average Bonchev–Trinajstić information content (AvgIpc) is 2.93. The Balaban J connectivity index is 1.67. The van der Waals surface area contributed by atoms with E-state index in [-0.39, 0.29) is 12.1 Å². The van der Waals surface area contributed by atoms with E-state index in [9.17, 15) is 4.79 Å². The number of ether oxygens (including phenoxy) is 1. The number of carbonyl (C=O) groups excluding carboxylic acids is 1. The number of nitrogen functional groups attached to an aromatic ring is 1. The number of hydrogen-bond acceptors (Lipinski definition) is 6. The van der Waals surface area contributed by atoms with Crippen LogP contribution in [0.4, 0.5) is 10.6 Å². The molecular formula is C15H21IN6O2. The van der Waals surface area contributed by atoms with Crippen LogP contribution in [0.3, 0.4) is 0 Å². The quantitative estimate of drug-likeness (QED) is 0.575. The fraction of sp³-hybridized carbons (Fsp3) is 0.600. The van der Waals surface area contributed by atoms with Crippen molar-refractivity contribution in [3.8, 4) is 0 Å². The van der Waals surface area contributed by atoms with Gasteiger partial charge in [-0.2, -0.15) is 5.10 Å². The molecule has 2 aromatic rings. The number of hydrogen-bond donors (Lipinski definition) is 1. The molecule has 2 aromatic heterocycles. The van der Waals surface area contributed by atoms with Crippen LogP contribution >= 0.6 is 22.6 Å². The molecule has 0 aliphatic carbocycles. The van der Waals surface area contributed by atoms with Crippen LogP contribution in [-0.2, 0) is 4.74 Å². The second kappa shape index (κ2) is 7.49. The smallest absolute Gasteiger partial charge is 0.409 e. The van der Waals surface area contributed by atoms with Crippen LogP contribution in [0.15, 0.2) is 6.33 Å². The molecule has 9 heteroatoms. The molecule has 8 nitrogen and oxygen atoms in total. The highest BCUT2D eigenvalue weighted by molar-refractivity contribution is 14.1. The largest absolute Gasteiger partial charge is 0.449 e. The SMILES string of the molecule is CCCCOC(=O)N1CCC(n2nc(I)c3c(N)ncnc32)CC1. The van der Waals surface area contributed by atoms with Crippen molar-refractivity contribution in [2.24, 2.45) is 0 Å². The van der Waals surface area contributed by atoms with Gasteiger partial charge < -0.3 is 15.4 Å². The van der Waals surface area contributed by atoms with Crippen molar-refractivity contribution >= 4 is 45.5 Å². The van der Waals surface area contributed by atoms with E-state index in [1.807, 2.05) is 4.68 Å². The lowest BCUT2D eigenvalue weighted by Gasteiger charge is -2.31. The third-order valence-electron chi connectivity index (χ3n) is 4.27. The molecule has 1 aliphatic rings. The lowest BCUT2D eigenvalue weighted by atomic mass is 10.1. The minimum atomic E-state index is -0.214. The highest BCUT2D eigenvalue weighted by Crippen LogP contribution is 2.29. The van der Waals surface area contributed by atoms with Gasteiger partial charge in [-0.1, -0.05) is 13.3 Å². The number of amides is 1. The van der Waals surface area contributed by atoms with Crippen molar-refractivity contribution in [2.45, 2.75) is 38.6 Å². The molecule has 1 amide bonds. The predicted molar refractivity (Wildman–Crippen MR) is 98.6 cm³/mol. The summed E-state index contributed by atoms with van der Waals surface area (Å²) < 4.78 is 8.01. The topological polar surface area (TPSA) is 99.2 Å². The molecule has 1 fully saturated rings. The number of aromatic nitrogens is 4. The standard InChI is InChI=1S/C15H21IN6O2/c1-2-3-8-24-15(23)21-6-4-10(5-7-21)22-14-11(12(16)20-22)13(17)18-9-19-14/h9-10H,2-8H2,1H3,(H2,17,18,19). The zero-order valence-corrected chi connectivity index (χ0v) is 15.8. The predicted octanol–water partition coefficient (Wildman–Crippen LogP) is 2.59. The van der Waals surface area contributed by atoms with Crippen molar-refractivity contribution in [3.05, 3.63) is 10.0 Å². The molecular weight excluding hydrogens is 423 g/mol. The van der Waals surface area contributed by atoms with Gasteiger partial charge in [0.15, 0.2) is 5.65 Å². The van der Waals surface area contributed by atoms with Crippen LogP contribution in [0.5, 0.6) is 0 Å². The number of anilines is 1. The number of fused-ring (bicyclic) bond motifs is 1. The first-order valence-corrected chi connectivity index (χ1v) is 9.25. The molecule has 0 unspecified atom stereocenters. The Kier molecular flexibility index (Phi) is 5.36. The third kappa shape index (κ3) is 3.40. The van der Waals surface area contributed by atoms with E-state index in [0.717, 1.165) is 40.4 Å². The summed E-state index contributed by atoms with van der Waals surface area (Å²) in [7, 11) is 0. The lowest BCUT2D eigenvalue weighted by Crippen LogP contribution is -2.39. The van der Waals surface area contributed by atoms with E-state index < -0.39 is 0 Å². The van der Waals surface area contributed by atoms with E-state index in [0.29, 0.717) is 25.5 Å². The van der Waals surface area contributed by atoms with Crippen LogP contribution in [0.25, 0.3) is 11.0 Å². The molecule has 0 atom stereocenters. The van der Waals surface area contributed by atoms with Crippen LogP contribution in [-0.4, -0.2) is 50.4 Å². The normalized spacial score (nSPS) is 15.8. The molecule has 0 radical (unpaired) electrons. The maximum absolute atomic E-state index is 12.0. The van der Waals surface area contributed by atoms with E-state index >= 15 is 0 Å². The Labute approximate surface area is 153 Å². The van der Waals surface area contributed by atoms with Crippen molar-refractivity contribution in [2.75, 3.05) is 25.4 Å². The summed E-state index contributed by atoms with van der Waals surface area (Å²) in [5, 5.41) is 5.40. The van der Waals surface area contributed by atoms with Gasteiger partial charge in [0.1, 0.15) is 15.8 Å². The number of halogens is 1. The number of rotatable bonds is 4. The fourth-order valence-electron chi connectivity index (χ4n) is 2.90. The number of piperidine rings is 1. The summed E-state index contributed by atoms with van der Waals surface area (Å²) >= 11 is 2.16. The number of carbonyl (C=O) groups is 1. The molecule has 1 aliphatic heterocycles. The zero-order valence-electron chi connectivity index (χ0n) is 13.6. The number of unbranched alkanes of at least 4 members (excludes halogenated alkanes) is 1. The van der Waals surface area contributed by atoms with Gasteiger partial charge in [0.25, 0.3) is 0 Å². The van der Waals surface area contributed by atoms with Gasteiger partial charge in [0, 0.05) is 13.1 Å². The molecule has 0 aromatic carbocycles. The molecule has 3 heterocycles. The summed E-state index contributed by atoms with van der Waals surface area (Å²) in [6, 6.07) is 0.199. The van der Waals surface area contributed by atoms with Crippen molar-refractivity contribution < 1.29 is 9.53 Å². The van der Waals surface area contributed by atoms with E-state index in [2.05, 4.69) is 44.6 Å². The van der Waals surface area contributed by atoms with Gasteiger partial charge in [-0.05, 0) is 41.9 Å². The van der Waals surface area contributed by atoms with E-state index in [1.54, 1.807) is 4.90 Å². The first-order valence-electron chi connectivity index (χ1n) is 8.17. The van der Waals surface area contributed by atoms with Crippen molar-refractivity contribution in [3.63, 3.8) is 0 Å². The number of likely N-dealkylation sites (tertiary alicyclic amines) is 1. The van der Waals surface area contributed by atoms with Gasteiger partial charge in [-0.15, -0.1) is 0 Å². The summed E-state index contributed by atoms with van der Waals surface area (Å²) in [5.74, 6) is 0.451. The summed E-state index contributed by atoms with van der Waals surface area (Å²) in [5.41, 5.74) is 6.70. The maximum atomic E-state index is 12.0. The van der Waals surface area contributed by atoms with Crippen molar-refractivity contribution in [1.29, 1.82) is 0 Å². The molecule has 0 saturated carbocycles. The van der Waals surface area contributed by atoms with Gasteiger partial charge in [-0.3, -0.25) is 0 Å². The fourth-order valence-corrected chi connectivity index (χ4v) is 3.65. The Hall–Kier alpha value is -1.65. The molecule has 0 bridgehead atoms. The molecule has 130 valence electrons. The average molecular weight is 444 g/mol. The Bertz CT molecular complexity index is 726. The number of nitrogens with zero attached hydrogens (tertiary/aromatic N) is 5. The molecule has 2 N–H and O–H groups in total. The monoisotopic (exact) mass is 444 g/mol. The molecule has 0 spiro atoms. The van der Waals surface area contributed by atoms with Crippen LogP contribution < -0.4 is 5.73 Å². The Morgan fingerprint density at radius 3 is 2.88 bits per heavy atom.